The van der Waals surface area contributed by atoms with E-state index in [0.717, 1.165) is 11.1 Å². The molecule has 7 rings (SSSR count). The molecule has 0 aromatic heterocycles. The summed E-state index contributed by atoms with van der Waals surface area (Å²) >= 11 is 0. The summed E-state index contributed by atoms with van der Waals surface area (Å²) < 4.78 is 18.7. The van der Waals surface area contributed by atoms with Crippen LogP contribution in [-0.4, -0.2) is 95.3 Å². The van der Waals surface area contributed by atoms with Crippen molar-refractivity contribution in [2.24, 2.45) is 11.8 Å². The highest BCUT2D eigenvalue weighted by molar-refractivity contribution is 5.99. The quantitative estimate of drug-likeness (QED) is 0.254. The number of nitrogens with one attached hydrogen (secondary N) is 1. The fourth-order valence-corrected chi connectivity index (χ4v) is 8.35. The molecule has 2 fully saturated rings. The number of carbonyl (C=O) groups excluding carboxylic acids is 4. The molecule has 3 aromatic carbocycles. The lowest BCUT2D eigenvalue weighted by Gasteiger charge is -2.38. The molecule has 2 N–H and O–H groups in total. The number of methoxy groups -OCH3 is 1. The van der Waals surface area contributed by atoms with Gasteiger partial charge >= 0.3 is 5.97 Å². The van der Waals surface area contributed by atoms with E-state index in [1.165, 1.54) is 12.0 Å². The van der Waals surface area contributed by atoms with Gasteiger partial charge in [0.1, 0.15) is 23.7 Å². The van der Waals surface area contributed by atoms with Gasteiger partial charge in [-0.3, -0.25) is 19.2 Å². The van der Waals surface area contributed by atoms with Crippen molar-refractivity contribution in [2.45, 2.75) is 61.7 Å². The van der Waals surface area contributed by atoms with Crippen molar-refractivity contribution in [1.29, 1.82) is 0 Å². The SMILES string of the molecule is COC[C@H]1NC(=O)CC/C=C\[C@H]2O[C@]34C=CCN(Cc5ccccc5)C(=O)[C@H]3N([C@@H](CO)Cc3ccccc3)C(=O)[C@@H]4[C@H]2C(=O)O[C@@H]1c1ccccc1. The van der Waals surface area contributed by atoms with Gasteiger partial charge < -0.3 is 34.4 Å². The van der Waals surface area contributed by atoms with Gasteiger partial charge in [0, 0.05) is 26.6 Å². The van der Waals surface area contributed by atoms with E-state index in [4.69, 9.17) is 14.2 Å². The first-order valence-corrected chi connectivity index (χ1v) is 18.2. The Morgan fingerprint density at radius 1 is 0.906 bits per heavy atom. The lowest BCUT2D eigenvalue weighted by atomic mass is 9.77. The second kappa shape index (κ2) is 15.9. The largest absolute Gasteiger partial charge is 0.455 e. The van der Waals surface area contributed by atoms with Crippen molar-refractivity contribution in [3.8, 4) is 0 Å². The number of ether oxygens (including phenoxy) is 3. The summed E-state index contributed by atoms with van der Waals surface area (Å²) in [4.78, 5) is 61.1. The van der Waals surface area contributed by atoms with Gasteiger partial charge in [-0.1, -0.05) is 115 Å². The summed E-state index contributed by atoms with van der Waals surface area (Å²) in [5.74, 6) is -4.03. The van der Waals surface area contributed by atoms with Crippen molar-refractivity contribution in [3.05, 3.63) is 132 Å². The smallest absolute Gasteiger partial charge is 0.313 e. The van der Waals surface area contributed by atoms with E-state index in [0.29, 0.717) is 18.5 Å². The molecule has 0 radical (unpaired) electrons. The monoisotopic (exact) mass is 719 g/mol. The van der Waals surface area contributed by atoms with Gasteiger partial charge in [-0.2, -0.15) is 0 Å². The van der Waals surface area contributed by atoms with Crippen molar-refractivity contribution < 1.29 is 38.5 Å². The van der Waals surface area contributed by atoms with Gasteiger partial charge in [-0.15, -0.1) is 0 Å². The highest BCUT2D eigenvalue weighted by atomic mass is 16.6. The maximum Gasteiger partial charge on any atom is 0.313 e. The minimum Gasteiger partial charge on any atom is -0.455 e. The molecule has 11 nitrogen and oxygen atoms in total. The number of fused-ring (bicyclic) bond motifs is 2. The first-order valence-electron chi connectivity index (χ1n) is 18.2. The number of esters is 1. The van der Waals surface area contributed by atoms with E-state index in [1.54, 1.807) is 23.1 Å². The molecule has 53 heavy (non-hydrogen) atoms. The fourth-order valence-electron chi connectivity index (χ4n) is 8.35. The third kappa shape index (κ3) is 7.16. The lowest BCUT2D eigenvalue weighted by molar-refractivity contribution is -0.163. The molecule has 1 spiro atoms. The van der Waals surface area contributed by atoms with Gasteiger partial charge in [0.25, 0.3) is 0 Å². The fraction of sp³-hybridized carbons (Fsp3) is 0.381. The molecule has 4 aliphatic rings. The Morgan fingerprint density at radius 2 is 1.58 bits per heavy atom. The predicted octanol–water partition coefficient (Wildman–Crippen LogP) is 3.54. The molecule has 0 unspecified atom stereocenters. The second-order valence-corrected chi connectivity index (χ2v) is 14.1. The molecule has 11 heteroatoms. The van der Waals surface area contributed by atoms with Gasteiger partial charge in [-0.25, -0.2) is 0 Å². The Bertz CT molecular complexity index is 1840. The van der Waals surface area contributed by atoms with Crippen LogP contribution in [0.1, 0.15) is 35.6 Å². The zero-order chi connectivity index (χ0) is 37.0. The number of cyclic esters (lactones) is 1. The van der Waals surface area contributed by atoms with Crippen LogP contribution in [-0.2, 0) is 46.4 Å². The van der Waals surface area contributed by atoms with Crippen LogP contribution in [0.3, 0.4) is 0 Å². The first-order chi connectivity index (χ1) is 25.8. The van der Waals surface area contributed by atoms with Crippen LogP contribution in [0.5, 0.6) is 0 Å². The molecule has 0 saturated carbocycles. The first kappa shape index (κ1) is 36.3. The predicted molar refractivity (Wildman–Crippen MR) is 195 cm³/mol. The summed E-state index contributed by atoms with van der Waals surface area (Å²) in [7, 11) is 1.51. The van der Waals surface area contributed by atoms with Gasteiger partial charge in [0.05, 0.1) is 37.3 Å². The highest BCUT2D eigenvalue weighted by Crippen LogP contribution is 2.54. The Hall–Kier alpha value is -5.10. The molecule has 4 heterocycles. The lowest BCUT2D eigenvalue weighted by Crippen LogP contribution is -2.58. The molecule has 4 aliphatic heterocycles. The van der Waals surface area contributed by atoms with Gasteiger partial charge in [-0.05, 0) is 29.5 Å². The van der Waals surface area contributed by atoms with E-state index in [2.05, 4.69) is 5.32 Å². The molecular formula is C42H45N3O8. The number of rotatable bonds is 9. The average Bonchev–Trinajstić information content (AvgIpc) is 3.57. The Morgan fingerprint density at radius 3 is 2.26 bits per heavy atom. The summed E-state index contributed by atoms with van der Waals surface area (Å²) in [5, 5.41) is 13.9. The van der Waals surface area contributed by atoms with Crippen LogP contribution in [0.15, 0.2) is 115 Å². The van der Waals surface area contributed by atoms with E-state index in [1.807, 2.05) is 97.1 Å². The summed E-state index contributed by atoms with van der Waals surface area (Å²) in [5.41, 5.74) is 0.890. The normalized spacial score (nSPS) is 29.8. The number of amides is 3. The summed E-state index contributed by atoms with van der Waals surface area (Å²) in [6.45, 7) is 0.196. The molecule has 3 aromatic rings. The number of aliphatic hydroxyl groups excluding tert-OH is 1. The summed E-state index contributed by atoms with van der Waals surface area (Å²) in [6, 6.07) is 25.5. The number of allylic oxidation sites excluding steroid dienone is 1. The number of likely N-dealkylation sites (tertiary alicyclic amines) is 1. The van der Waals surface area contributed by atoms with Crippen LogP contribution in [0.25, 0.3) is 0 Å². The topological polar surface area (TPSA) is 135 Å². The van der Waals surface area contributed by atoms with Crippen LogP contribution < -0.4 is 5.32 Å². The Balaban J connectivity index is 1.33. The molecule has 0 bridgehead atoms. The minimum atomic E-state index is -1.55. The maximum absolute atomic E-state index is 15.1. The minimum absolute atomic E-state index is 0.0628. The van der Waals surface area contributed by atoms with Crippen LogP contribution in [0.4, 0.5) is 0 Å². The average molecular weight is 720 g/mol. The van der Waals surface area contributed by atoms with Crippen molar-refractivity contribution in [3.63, 3.8) is 0 Å². The summed E-state index contributed by atoms with van der Waals surface area (Å²) in [6.07, 6.45) is 6.01. The number of benzene rings is 3. The van der Waals surface area contributed by atoms with Crippen LogP contribution >= 0.6 is 0 Å². The highest BCUT2D eigenvalue weighted by Gasteiger charge is 2.72. The van der Waals surface area contributed by atoms with Crippen LogP contribution in [0.2, 0.25) is 0 Å². The molecule has 8 atom stereocenters. The van der Waals surface area contributed by atoms with Crippen molar-refractivity contribution >= 4 is 23.7 Å². The Labute approximate surface area is 309 Å². The molecule has 0 aliphatic carbocycles. The zero-order valence-electron chi connectivity index (χ0n) is 29.7. The van der Waals surface area contributed by atoms with E-state index < -0.39 is 66.3 Å². The molecule has 3 amide bonds. The maximum atomic E-state index is 15.1. The van der Waals surface area contributed by atoms with Crippen molar-refractivity contribution in [2.75, 3.05) is 26.9 Å². The van der Waals surface area contributed by atoms with E-state index in [9.17, 15) is 19.5 Å². The van der Waals surface area contributed by atoms with Crippen LogP contribution in [0, 0.1) is 11.8 Å². The van der Waals surface area contributed by atoms with Crippen molar-refractivity contribution in [1.82, 2.24) is 15.1 Å². The molecule has 2 saturated heterocycles. The third-order valence-corrected chi connectivity index (χ3v) is 10.7. The molecule has 276 valence electrons. The standard InChI is InChI=1S/C42H45N3O8/c1-51-27-32-37(30-18-9-4-10-19-30)52-41(50)35-33(20-11-12-21-34(47)43-32)53-42-22-13-23-44(25-29-16-7-3-8-17-29)40(49)38(42)45(39(48)36(35)42)31(26-46)24-28-14-5-2-6-15-28/h2-11,13-20,22,31-33,35-38,46H,12,21,23-27H2,1H3,(H,43,47)/b20-11-/t31-,32-,33-,35+,36+,37-,38-,42+/m1/s1. The zero-order valence-corrected chi connectivity index (χ0v) is 29.7. The third-order valence-electron chi connectivity index (χ3n) is 10.7. The number of nitrogens with zero attached hydrogens (tertiary/aromatic N) is 2. The second-order valence-electron chi connectivity index (χ2n) is 14.1. The molecular weight excluding hydrogens is 674 g/mol. The number of carbonyl (C=O) groups is 4. The number of hydrogen-bond acceptors (Lipinski definition) is 8. The van der Waals surface area contributed by atoms with E-state index in [-0.39, 0.29) is 37.8 Å². The number of hydrogen-bond donors (Lipinski definition) is 2. The van der Waals surface area contributed by atoms with E-state index >= 15 is 4.79 Å². The number of aliphatic hydroxyl groups is 1. The Kier molecular flexibility index (Phi) is 10.9. The van der Waals surface area contributed by atoms with Gasteiger partial charge in [0.15, 0.2) is 0 Å². The van der Waals surface area contributed by atoms with Gasteiger partial charge in [0.2, 0.25) is 17.7 Å².